The number of hydrogen-bond donors (Lipinski definition) is 0. The van der Waals surface area contributed by atoms with Crippen LogP contribution in [0.4, 0.5) is 20.4 Å². The lowest BCUT2D eigenvalue weighted by Crippen LogP contribution is -2.48. The Bertz CT molecular complexity index is 655. The van der Waals surface area contributed by atoms with Gasteiger partial charge in [-0.2, -0.15) is 0 Å². The quantitative estimate of drug-likeness (QED) is 0.862. The molecule has 6 nitrogen and oxygen atoms in total. The third kappa shape index (κ3) is 2.28. The normalized spacial score (nSPS) is 18.8. The van der Waals surface area contributed by atoms with Gasteiger partial charge in [-0.05, 0) is 35.4 Å². The fourth-order valence-electron chi connectivity index (χ4n) is 2.87. The van der Waals surface area contributed by atoms with Gasteiger partial charge in [0.15, 0.2) is 0 Å². The molecular weight excluding hydrogens is 290 g/mol. The van der Waals surface area contributed by atoms with Gasteiger partial charge in [0.25, 0.3) is 0 Å². The van der Waals surface area contributed by atoms with Crippen molar-refractivity contribution in [2.24, 2.45) is 0 Å². The summed E-state index contributed by atoms with van der Waals surface area (Å²) in [7, 11) is 0. The number of halogens is 2. The van der Waals surface area contributed by atoms with Gasteiger partial charge in [-0.15, -0.1) is 0 Å². The molecule has 1 aliphatic heterocycles. The number of tetrazole rings is 1. The van der Waals surface area contributed by atoms with Crippen molar-refractivity contribution < 1.29 is 8.78 Å². The highest BCUT2D eigenvalue weighted by Gasteiger charge is 2.31. The van der Waals surface area contributed by atoms with Crippen LogP contribution in [0.2, 0.25) is 0 Å². The van der Waals surface area contributed by atoms with E-state index in [1.165, 1.54) is 18.2 Å². The van der Waals surface area contributed by atoms with Crippen molar-refractivity contribution >= 4 is 11.6 Å². The zero-order chi connectivity index (χ0) is 15.1. The highest BCUT2D eigenvalue weighted by Crippen LogP contribution is 2.36. The number of rotatable bonds is 3. The molecule has 1 aromatic carbocycles. The van der Waals surface area contributed by atoms with Crippen LogP contribution in [0, 0.1) is 11.6 Å². The van der Waals surface area contributed by atoms with Gasteiger partial charge in [0.05, 0.1) is 6.04 Å². The van der Waals surface area contributed by atoms with E-state index in [0.717, 1.165) is 18.8 Å². The molecule has 2 heterocycles. The van der Waals surface area contributed by atoms with Crippen LogP contribution in [0.3, 0.4) is 0 Å². The van der Waals surface area contributed by atoms with Crippen LogP contribution in [-0.2, 0) is 0 Å². The van der Waals surface area contributed by atoms with Crippen molar-refractivity contribution in [2.75, 3.05) is 36.0 Å². The van der Waals surface area contributed by atoms with Crippen LogP contribution in [0.5, 0.6) is 0 Å². The van der Waals surface area contributed by atoms with E-state index in [9.17, 15) is 8.78 Å². The number of nitrogens with zero attached hydrogens (tertiary/aromatic N) is 6. The lowest BCUT2D eigenvalue weighted by Gasteiger charge is -2.36. The van der Waals surface area contributed by atoms with E-state index in [-0.39, 0.29) is 5.69 Å². The van der Waals surface area contributed by atoms with Crippen molar-refractivity contribution in [1.29, 1.82) is 0 Å². The number of hydrogen-bond acceptors (Lipinski definition) is 5. The SMILES string of the molecule is Fc1cccc(F)c1N1CCN(c2nnnn2C2CC2)CC1. The Morgan fingerprint density at radius 1 is 0.955 bits per heavy atom. The Hall–Kier alpha value is -2.25. The van der Waals surface area contributed by atoms with E-state index in [4.69, 9.17) is 0 Å². The third-order valence-electron chi connectivity index (χ3n) is 4.18. The minimum atomic E-state index is -0.517. The van der Waals surface area contributed by atoms with Crippen LogP contribution in [0.15, 0.2) is 18.2 Å². The Labute approximate surface area is 126 Å². The highest BCUT2D eigenvalue weighted by molar-refractivity contribution is 5.50. The first-order valence-corrected chi connectivity index (χ1v) is 7.46. The fourth-order valence-corrected chi connectivity index (χ4v) is 2.87. The highest BCUT2D eigenvalue weighted by atomic mass is 19.1. The molecule has 0 unspecified atom stereocenters. The van der Waals surface area contributed by atoms with Crippen molar-refractivity contribution in [3.8, 4) is 0 Å². The van der Waals surface area contributed by atoms with Crippen molar-refractivity contribution in [1.82, 2.24) is 20.2 Å². The maximum atomic E-state index is 13.9. The fraction of sp³-hybridized carbons (Fsp3) is 0.500. The van der Waals surface area contributed by atoms with E-state index < -0.39 is 11.6 Å². The van der Waals surface area contributed by atoms with Crippen molar-refractivity contribution in [2.45, 2.75) is 18.9 Å². The summed E-state index contributed by atoms with van der Waals surface area (Å²) in [5.41, 5.74) is 0.0592. The first-order chi connectivity index (χ1) is 10.7. The molecule has 0 spiro atoms. The second kappa shape index (κ2) is 5.19. The Morgan fingerprint density at radius 3 is 2.23 bits per heavy atom. The zero-order valence-corrected chi connectivity index (χ0v) is 12.0. The minimum absolute atomic E-state index is 0.0592. The molecule has 1 aromatic heterocycles. The molecule has 116 valence electrons. The topological polar surface area (TPSA) is 50.1 Å². The Balaban J connectivity index is 1.49. The summed E-state index contributed by atoms with van der Waals surface area (Å²) in [6.45, 7) is 2.35. The summed E-state index contributed by atoms with van der Waals surface area (Å²) < 4.78 is 29.6. The monoisotopic (exact) mass is 306 g/mol. The van der Waals surface area contributed by atoms with E-state index in [1.807, 2.05) is 4.68 Å². The molecule has 22 heavy (non-hydrogen) atoms. The van der Waals surface area contributed by atoms with Gasteiger partial charge in [0, 0.05) is 26.2 Å². The maximum Gasteiger partial charge on any atom is 0.245 e. The van der Waals surface area contributed by atoms with Gasteiger partial charge in [0.2, 0.25) is 5.95 Å². The molecule has 0 bridgehead atoms. The molecule has 1 saturated carbocycles. The summed E-state index contributed by atoms with van der Waals surface area (Å²) in [6.07, 6.45) is 2.22. The maximum absolute atomic E-state index is 13.9. The average molecular weight is 306 g/mol. The lowest BCUT2D eigenvalue weighted by atomic mass is 10.2. The number of anilines is 2. The second-order valence-corrected chi connectivity index (χ2v) is 5.70. The molecule has 1 aliphatic carbocycles. The summed E-state index contributed by atoms with van der Waals surface area (Å²) in [5.74, 6) is -0.274. The predicted octanol–water partition coefficient (Wildman–Crippen LogP) is 1.61. The summed E-state index contributed by atoms with van der Waals surface area (Å²) in [6, 6.07) is 4.37. The first-order valence-electron chi connectivity index (χ1n) is 7.46. The van der Waals surface area contributed by atoms with Crippen molar-refractivity contribution in [3.63, 3.8) is 0 Å². The number of benzene rings is 1. The van der Waals surface area contributed by atoms with Gasteiger partial charge < -0.3 is 9.80 Å². The molecule has 1 saturated heterocycles. The van der Waals surface area contributed by atoms with E-state index in [0.29, 0.717) is 32.2 Å². The Kier molecular flexibility index (Phi) is 3.16. The molecule has 4 rings (SSSR count). The largest absolute Gasteiger partial charge is 0.363 e. The average Bonchev–Trinajstić information content (AvgIpc) is 3.25. The molecule has 2 aromatic rings. The van der Waals surface area contributed by atoms with Gasteiger partial charge in [0.1, 0.15) is 17.3 Å². The van der Waals surface area contributed by atoms with Gasteiger partial charge >= 0.3 is 0 Å². The molecule has 0 radical (unpaired) electrons. The standard InChI is InChI=1S/C14H16F2N6/c15-11-2-1-3-12(16)13(11)20-6-8-21(9-7-20)14-17-18-19-22(14)10-4-5-10/h1-3,10H,4-9H2. The third-order valence-corrected chi connectivity index (χ3v) is 4.18. The number of piperazine rings is 1. The summed E-state index contributed by atoms with van der Waals surface area (Å²) in [5, 5.41) is 11.9. The number of aromatic nitrogens is 4. The van der Waals surface area contributed by atoms with Gasteiger partial charge in [-0.3, -0.25) is 0 Å². The van der Waals surface area contributed by atoms with Crippen LogP contribution in [0.1, 0.15) is 18.9 Å². The van der Waals surface area contributed by atoms with Gasteiger partial charge in [-0.25, -0.2) is 13.5 Å². The second-order valence-electron chi connectivity index (χ2n) is 5.70. The van der Waals surface area contributed by atoms with E-state index in [2.05, 4.69) is 20.4 Å². The molecular formula is C14H16F2N6. The molecule has 2 aliphatic rings. The predicted molar refractivity (Wildman–Crippen MR) is 76.9 cm³/mol. The van der Waals surface area contributed by atoms with E-state index in [1.54, 1.807) is 4.90 Å². The Morgan fingerprint density at radius 2 is 1.59 bits per heavy atom. The van der Waals surface area contributed by atoms with Crippen molar-refractivity contribution in [3.05, 3.63) is 29.8 Å². The smallest absolute Gasteiger partial charge is 0.245 e. The van der Waals surface area contributed by atoms with Crippen LogP contribution >= 0.6 is 0 Å². The van der Waals surface area contributed by atoms with Gasteiger partial charge in [-0.1, -0.05) is 11.2 Å². The first kappa shape index (κ1) is 13.4. The number of para-hydroxylation sites is 1. The van der Waals surface area contributed by atoms with Crippen LogP contribution in [0.25, 0.3) is 0 Å². The van der Waals surface area contributed by atoms with Crippen LogP contribution in [-0.4, -0.2) is 46.4 Å². The summed E-state index contributed by atoms with van der Waals surface area (Å²) >= 11 is 0. The van der Waals surface area contributed by atoms with E-state index >= 15 is 0 Å². The molecule has 8 heteroatoms. The molecule has 0 amide bonds. The molecule has 0 atom stereocenters. The molecule has 0 N–H and O–H groups in total. The minimum Gasteiger partial charge on any atom is -0.363 e. The lowest BCUT2D eigenvalue weighted by molar-refractivity contribution is 0.545. The zero-order valence-electron chi connectivity index (χ0n) is 12.0. The molecule has 2 fully saturated rings. The summed E-state index contributed by atoms with van der Waals surface area (Å²) in [4.78, 5) is 3.82. The van der Waals surface area contributed by atoms with Crippen LogP contribution < -0.4 is 9.80 Å².